The highest BCUT2D eigenvalue weighted by Crippen LogP contribution is 2.03. The molecule has 0 fully saturated rings. The molecule has 0 N–H and O–H groups in total. The van der Waals surface area contributed by atoms with Crippen molar-refractivity contribution < 1.29 is 14.3 Å². The van der Waals surface area contributed by atoms with E-state index < -0.39 is 6.10 Å². The molecule has 1 aromatic rings. The summed E-state index contributed by atoms with van der Waals surface area (Å²) in [5, 5.41) is 0. The number of hydrogen-bond acceptors (Lipinski definition) is 3. The molecule has 0 aliphatic rings. The molecule has 1 rings (SSSR count). The average Bonchev–Trinajstić information content (AvgIpc) is 2.47. The Morgan fingerprint density at radius 3 is 2.70 bits per heavy atom. The third-order valence-corrected chi connectivity index (χ3v) is 2.61. The monoisotopic (exact) mass is 274 g/mol. The molecule has 1 unspecified atom stereocenters. The fraction of sp³-hybridized carbons (Fsp3) is 0.353. The minimum absolute atomic E-state index is 0.340. The molecular weight excluding hydrogens is 252 g/mol. The van der Waals surface area contributed by atoms with E-state index in [2.05, 4.69) is 13.0 Å². The van der Waals surface area contributed by atoms with Crippen molar-refractivity contribution in [3.05, 3.63) is 54.3 Å². The van der Waals surface area contributed by atoms with E-state index in [0.717, 1.165) is 18.4 Å². The molecule has 0 aliphatic heterocycles. The van der Waals surface area contributed by atoms with Crippen molar-refractivity contribution in [3.63, 3.8) is 0 Å². The lowest BCUT2D eigenvalue weighted by atomic mass is 10.2. The third-order valence-electron chi connectivity index (χ3n) is 2.61. The van der Waals surface area contributed by atoms with Crippen LogP contribution in [0.15, 0.2) is 48.7 Å². The number of rotatable bonds is 8. The zero-order valence-corrected chi connectivity index (χ0v) is 12.1. The van der Waals surface area contributed by atoms with Gasteiger partial charge in [-0.3, -0.25) is 0 Å². The number of esters is 1. The number of allylic oxidation sites excluding steroid dienone is 1. The van der Waals surface area contributed by atoms with Gasteiger partial charge in [0.05, 0.1) is 12.9 Å². The van der Waals surface area contributed by atoms with Gasteiger partial charge in [-0.2, -0.15) is 0 Å². The predicted molar refractivity (Wildman–Crippen MR) is 81.0 cm³/mol. The maximum absolute atomic E-state index is 11.6. The molecule has 20 heavy (non-hydrogen) atoms. The van der Waals surface area contributed by atoms with E-state index in [1.54, 1.807) is 6.92 Å². The second-order valence-corrected chi connectivity index (χ2v) is 4.33. The number of hydrogen-bond donors (Lipinski definition) is 0. The summed E-state index contributed by atoms with van der Waals surface area (Å²) < 4.78 is 10.4. The van der Waals surface area contributed by atoms with Crippen LogP contribution in [0, 0.1) is 0 Å². The Kier molecular flexibility index (Phi) is 7.89. The van der Waals surface area contributed by atoms with Gasteiger partial charge in [-0.05, 0) is 31.4 Å². The minimum Gasteiger partial charge on any atom is -0.487 e. The fourth-order valence-corrected chi connectivity index (χ4v) is 1.48. The van der Waals surface area contributed by atoms with Crippen LogP contribution in [-0.2, 0) is 14.3 Å². The van der Waals surface area contributed by atoms with Gasteiger partial charge in [-0.25, -0.2) is 4.79 Å². The van der Waals surface area contributed by atoms with Gasteiger partial charge in [0, 0.05) is 0 Å². The molecule has 0 amide bonds. The second kappa shape index (κ2) is 9.84. The fourth-order valence-electron chi connectivity index (χ4n) is 1.48. The van der Waals surface area contributed by atoms with Crippen LogP contribution in [0.4, 0.5) is 0 Å². The molecule has 1 aromatic carbocycles. The first-order valence-electron chi connectivity index (χ1n) is 6.92. The predicted octanol–water partition coefficient (Wildman–Crippen LogP) is 3.96. The van der Waals surface area contributed by atoms with Crippen molar-refractivity contribution in [2.75, 3.05) is 6.61 Å². The molecule has 0 saturated carbocycles. The number of carbonyl (C=O) groups excluding carboxylic acids is 1. The van der Waals surface area contributed by atoms with Gasteiger partial charge < -0.3 is 9.47 Å². The van der Waals surface area contributed by atoms with Crippen LogP contribution in [0.25, 0.3) is 6.08 Å². The highest BCUT2D eigenvalue weighted by atomic mass is 16.6. The number of benzene rings is 1. The van der Waals surface area contributed by atoms with Gasteiger partial charge in [0.25, 0.3) is 0 Å². The van der Waals surface area contributed by atoms with E-state index in [9.17, 15) is 4.79 Å². The van der Waals surface area contributed by atoms with Crippen LogP contribution < -0.4 is 0 Å². The summed E-state index contributed by atoms with van der Waals surface area (Å²) in [6.45, 7) is 4.14. The maximum atomic E-state index is 11.6. The molecule has 0 bridgehead atoms. The van der Waals surface area contributed by atoms with Crippen LogP contribution in [0.1, 0.15) is 32.3 Å². The lowest BCUT2D eigenvalue weighted by Crippen LogP contribution is -2.21. The normalized spacial score (nSPS) is 12.7. The Labute approximate surface area is 120 Å². The quantitative estimate of drug-likeness (QED) is 0.311. The molecule has 0 saturated heterocycles. The Bertz CT molecular complexity index is 435. The van der Waals surface area contributed by atoms with Crippen molar-refractivity contribution in [2.45, 2.75) is 32.8 Å². The standard InChI is InChI=1S/C17H22O3/c1-3-4-5-9-13-20-17(18)15(2)19-14-12-16-10-7-6-8-11-16/h4-8,10-12,14-15H,3,9,13H2,1-2H3/b5-4-,14-12?. The lowest BCUT2D eigenvalue weighted by Gasteiger charge is -2.10. The van der Waals surface area contributed by atoms with Crippen molar-refractivity contribution in [1.82, 2.24) is 0 Å². The Morgan fingerprint density at radius 2 is 2.00 bits per heavy atom. The molecule has 3 heteroatoms. The van der Waals surface area contributed by atoms with Crippen LogP contribution >= 0.6 is 0 Å². The maximum Gasteiger partial charge on any atom is 0.347 e. The van der Waals surface area contributed by atoms with Crippen LogP contribution in [-0.4, -0.2) is 18.7 Å². The van der Waals surface area contributed by atoms with E-state index in [1.165, 1.54) is 6.26 Å². The Hall–Kier alpha value is -2.03. The second-order valence-electron chi connectivity index (χ2n) is 4.33. The summed E-state index contributed by atoms with van der Waals surface area (Å²) in [6.07, 6.45) is 8.55. The topological polar surface area (TPSA) is 35.5 Å². The Balaban J connectivity index is 2.24. The number of carbonyl (C=O) groups is 1. The van der Waals surface area contributed by atoms with Gasteiger partial charge in [0.15, 0.2) is 6.10 Å². The first-order chi connectivity index (χ1) is 9.74. The van der Waals surface area contributed by atoms with Crippen molar-refractivity contribution in [1.29, 1.82) is 0 Å². The summed E-state index contributed by atoms with van der Waals surface area (Å²) in [5.41, 5.74) is 1.03. The molecule has 0 radical (unpaired) electrons. The molecular formula is C17H22O3. The average molecular weight is 274 g/mol. The summed E-state index contributed by atoms with van der Waals surface area (Å²) in [5.74, 6) is -0.340. The molecule has 0 aromatic heterocycles. The summed E-state index contributed by atoms with van der Waals surface area (Å²) in [6, 6.07) is 9.76. The molecule has 0 aliphatic carbocycles. The van der Waals surface area contributed by atoms with Crippen molar-refractivity contribution in [3.8, 4) is 0 Å². The number of ether oxygens (including phenoxy) is 2. The molecule has 108 valence electrons. The van der Waals surface area contributed by atoms with Crippen molar-refractivity contribution in [2.24, 2.45) is 0 Å². The van der Waals surface area contributed by atoms with E-state index in [4.69, 9.17) is 9.47 Å². The van der Waals surface area contributed by atoms with Crippen LogP contribution in [0.2, 0.25) is 0 Å². The van der Waals surface area contributed by atoms with Crippen LogP contribution in [0.3, 0.4) is 0 Å². The summed E-state index contributed by atoms with van der Waals surface area (Å²) in [4.78, 5) is 11.6. The van der Waals surface area contributed by atoms with E-state index in [1.807, 2.05) is 42.5 Å². The van der Waals surface area contributed by atoms with Gasteiger partial charge in [-0.1, -0.05) is 49.4 Å². The molecule has 0 heterocycles. The zero-order valence-electron chi connectivity index (χ0n) is 12.1. The Morgan fingerprint density at radius 1 is 1.25 bits per heavy atom. The highest BCUT2D eigenvalue weighted by Gasteiger charge is 2.13. The summed E-state index contributed by atoms with van der Waals surface area (Å²) in [7, 11) is 0. The molecule has 0 spiro atoms. The smallest absolute Gasteiger partial charge is 0.347 e. The van der Waals surface area contributed by atoms with Gasteiger partial charge in [0.1, 0.15) is 0 Å². The van der Waals surface area contributed by atoms with E-state index >= 15 is 0 Å². The van der Waals surface area contributed by atoms with Gasteiger partial charge in [-0.15, -0.1) is 0 Å². The van der Waals surface area contributed by atoms with Gasteiger partial charge >= 0.3 is 5.97 Å². The van der Waals surface area contributed by atoms with Gasteiger partial charge in [0.2, 0.25) is 0 Å². The SMILES string of the molecule is CC/C=C\CCOC(=O)C(C)OC=Cc1ccccc1. The third kappa shape index (κ3) is 6.78. The first-order valence-corrected chi connectivity index (χ1v) is 6.92. The summed E-state index contributed by atoms with van der Waals surface area (Å²) >= 11 is 0. The highest BCUT2D eigenvalue weighted by molar-refractivity contribution is 5.74. The first kappa shape index (κ1) is 16.0. The minimum atomic E-state index is -0.592. The molecule has 3 nitrogen and oxygen atoms in total. The van der Waals surface area contributed by atoms with Crippen molar-refractivity contribution >= 4 is 12.0 Å². The van der Waals surface area contributed by atoms with E-state index in [0.29, 0.717) is 6.61 Å². The molecule has 1 atom stereocenters. The lowest BCUT2D eigenvalue weighted by molar-refractivity contribution is -0.152. The largest absolute Gasteiger partial charge is 0.487 e. The van der Waals surface area contributed by atoms with E-state index in [-0.39, 0.29) is 5.97 Å². The van der Waals surface area contributed by atoms with Crippen LogP contribution in [0.5, 0.6) is 0 Å². The zero-order chi connectivity index (χ0) is 14.6.